The summed E-state index contributed by atoms with van der Waals surface area (Å²) < 4.78 is 4.83. The van der Waals surface area contributed by atoms with Crippen LogP contribution >= 0.6 is 0 Å². The molecule has 21 heavy (non-hydrogen) atoms. The van der Waals surface area contributed by atoms with Crippen molar-refractivity contribution in [1.29, 1.82) is 0 Å². The Balaban J connectivity index is 2.59. The zero-order valence-electron chi connectivity index (χ0n) is 11.0. The van der Waals surface area contributed by atoms with Crippen LogP contribution in [0.4, 0.5) is 0 Å². The molecule has 0 aliphatic rings. The summed E-state index contributed by atoms with van der Waals surface area (Å²) in [5.74, 6) is -4.31. The van der Waals surface area contributed by atoms with Gasteiger partial charge in [0.1, 0.15) is 12.1 Å². The minimum absolute atomic E-state index is 0.00466. The first-order valence-electron chi connectivity index (χ1n) is 5.90. The van der Waals surface area contributed by atoms with Gasteiger partial charge in [-0.25, -0.2) is 4.79 Å². The van der Waals surface area contributed by atoms with Gasteiger partial charge in [0.2, 0.25) is 5.91 Å². The van der Waals surface area contributed by atoms with Crippen molar-refractivity contribution in [2.24, 2.45) is 0 Å². The number of hydrogen-bond acceptors (Lipinski definition) is 5. The molecule has 9 heteroatoms. The second-order valence-electron chi connectivity index (χ2n) is 4.17. The Hall–Kier alpha value is -2.84. The van der Waals surface area contributed by atoms with Gasteiger partial charge in [0, 0.05) is 0 Å². The van der Waals surface area contributed by atoms with Crippen LogP contribution < -0.4 is 10.6 Å². The Kier molecular flexibility index (Phi) is 5.47. The fourth-order valence-corrected chi connectivity index (χ4v) is 1.41. The van der Waals surface area contributed by atoms with Crippen LogP contribution in [0.25, 0.3) is 0 Å². The molecule has 0 bridgehead atoms. The molecule has 0 aliphatic carbocycles. The number of rotatable bonds is 7. The molecule has 1 aromatic rings. The number of nitrogens with one attached hydrogen (secondary N) is 2. The molecule has 9 nitrogen and oxygen atoms in total. The molecule has 0 aliphatic heterocycles. The molecule has 114 valence electrons. The first-order valence-corrected chi connectivity index (χ1v) is 5.90. The van der Waals surface area contributed by atoms with Gasteiger partial charge in [-0.05, 0) is 19.1 Å². The number of hydrogen-bond donors (Lipinski definition) is 4. The van der Waals surface area contributed by atoms with Crippen molar-refractivity contribution in [2.75, 3.05) is 0 Å². The summed E-state index contributed by atoms with van der Waals surface area (Å²) in [6, 6.07) is 0.258. The van der Waals surface area contributed by atoms with E-state index < -0.39 is 42.3 Å². The van der Waals surface area contributed by atoms with Crippen LogP contribution in [0, 0.1) is 0 Å². The Labute approximate surface area is 118 Å². The second-order valence-corrected chi connectivity index (χ2v) is 4.17. The minimum Gasteiger partial charge on any atom is -0.481 e. The van der Waals surface area contributed by atoms with E-state index in [-0.39, 0.29) is 5.76 Å². The van der Waals surface area contributed by atoms with Crippen LogP contribution in [0.15, 0.2) is 22.8 Å². The van der Waals surface area contributed by atoms with Crippen LogP contribution in [0.2, 0.25) is 0 Å². The molecule has 1 heterocycles. The fraction of sp³-hybridized carbons (Fsp3) is 0.333. The van der Waals surface area contributed by atoms with Crippen LogP contribution in [0.3, 0.4) is 0 Å². The van der Waals surface area contributed by atoms with Gasteiger partial charge in [-0.15, -0.1) is 0 Å². The molecule has 0 spiro atoms. The zero-order chi connectivity index (χ0) is 16.0. The maximum absolute atomic E-state index is 11.7. The number of carbonyl (C=O) groups excluding carboxylic acids is 2. The van der Waals surface area contributed by atoms with Crippen molar-refractivity contribution in [2.45, 2.75) is 25.4 Å². The van der Waals surface area contributed by atoms with Crippen molar-refractivity contribution in [3.8, 4) is 0 Å². The number of carboxylic acids is 2. The molecular weight excluding hydrogens is 284 g/mol. The predicted molar refractivity (Wildman–Crippen MR) is 67.5 cm³/mol. The molecule has 1 unspecified atom stereocenters. The Morgan fingerprint density at radius 2 is 1.90 bits per heavy atom. The third-order valence-electron chi connectivity index (χ3n) is 2.48. The molecule has 0 aromatic carbocycles. The molecule has 0 fully saturated rings. The first kappa shape index (κ1) is 16.2. The maximum atomic E-state index is 11.7. The van der Waals surface area contributed by atoms with Gasteiger partial charge >= 0.3 is 11.9 Å². The van der Waals surface area contributed by atoms with Crippen molar-refractivity contribution in [3.05, 3.63) is 24.2 Å². The van der Waals surface area contributed by atoms with Crippen LogP contribution in [0.1, 0.15) is 23.9 Å². The Bertz CT molecular complexity index is 538. The number of amides is 2. The van der Waals surface area contributed by atoms with E-state index >= 15 is 0 Å². The van der Waals surface area contributed by atoms with E-state index in [0.29, 0.717) is 0 Å². The molecule has 2 atom stereocenters. The minimum atomic E-state index is -1.57. The monoisotopic (exact) mass is 298 g/mol. The van der Waals surface area contributed by atoms with E-state index in [2.05, 4.69) is 5.32 Å². The number of carboxylic acid groups (broad SMARTS) is 2. The van der Waals surface area contributed by atoms with Crippen molar-refractivity contribution < 1.29 is 33.8 Å². The highest BCUT2D eigenvalue weighted by Gasteiger charge is 2.26. The van der Waals surface area contributed by atoms with Gasteiger partial charge < -0.3 is 25.3 Å². The van der Waals surface area contributed by atoms with E-state index in [1.54, 1.807) is 0 Å². The standard InChI is InChI=1S/C12H14N2O7/c1-6(13-11(18)8-3-2-4-21-8)10(17)14-7(12(19)20)5-9(15)16/h2-4,6-7H,5H2,1H3,(H,13,18)(H,14,17)(H,15,16)(H,19,20)/t6?,7-/m0/s1. The summed E-state index contributed by atoms with van der Waals surface area (Å²) in [5, 5.41) is 21.7. The fourth-order valence-electron chi connectivity index (χ4n) is 1.41. The van der Waals surface area contributed by atoms with Crippen molar-refractivity contribution in [1.82, 2.24) is 10.6 Å². The molecule has 1 aromatic heterocycles. The smallest absolute Gasteiger partial charge is 0.326 e. The Morgan fingerprint density at radius 1 is 1.24 bits per heavy atom. The summed E-state index contributed by atoms with van der Waals surface area (Å²) >= 11 is 0. The molecule has 0 saturated carbocycles. The highest BCUT2D eigenvalue weighted by molar-refractivity contribution is 5.96. The third kappa shape index (κ3) is 4.97. The summed E-state index contributed by atoms with van der Waals surface area (Å²) in [6.45, 7) is 1.33. The third-order valence-corrected chi connectivity index (χ3v) is 2.48. The first-order chi connectivity index (χ1) is 9.81. The van der Waals surface area contributed by atoms with Crippen molar-refractivity contribution >= 4 is 23.8 Å². The largest absolute Gasteiger partial charge is 0.481 e. The summed E-state index contributed by atoms with van der Waals surface area (Å²) in [7, 11) is 0. The van der Waals surface area contributed by atoms with E-state index in [1.807, 2.05) is 5.32 Å². The van der Waals surface area contributed by atoms with Crippen molar-refractivity contribution in [3.63, 3.8) is 0 Å². The Morgan fingerprint density at radius 3 is 2.38 bits per heavy atom. The van der Waals surface area contributed by atoms with E-state index in [0.717, 1.165) is 0 Å². The summed E-state index contributed by atoms with van der Waals surface area (Å²) in [6.07, 6.45) is 0.521. The van der Waals surface area contributed by atoms with E-state index in [1.165, 1.54) is 25.3 Å². The van der Waals surface area contributed by atoms with Crippen LogP contribution in [-0.2, 0) is 14.4 Å². The molecular formula is C12H14N2O7. The number of aliphatic carboxylic acids is 2. The van der Waals surface area contributed by atoms with Gasteiger partial charge in [-0.2, -0.15) is 0 Å². The zero-order valence-corrected chi connectivity index (χ0v) is 11.0. The highest BCUT2D eigenvalue weighted by Crippen LogP contribution is 2.00. The molecule has 0 radical (unpaired) electrons. The normalized spacial score (nSPS) is 13.0. The lowest BCUT2D eigenvalue weighted by Crippen LogP contribution is -2.50. The van der Waals surface area contributed by atoms with Gasteiger partial charge in [0.15, 0.2) is 5.76 Å². The number of furan rings is 1. The second kappa shape index (κ2) is 7.08. The van der Waals surface area contributed by atoms with Gasteiger partial charge in [-0.1, -0.05) is 0 Å². The lowest BCUT2D eigenvalue weighted by atomic mass is 10.2. The molecule has 4 N–H and O–H groups in total. The molecule has 2 amide bonds. The van der Waals surface area contributed by atoms with Gasteiger partial charge in [0.25, 0.3) is 5.91 Å². The lowest BCUT2D eigenvalue weighted by molar-refractivity contribution is -0.147. The lowest BCUT2D eigenvalue weighted by Gasteiger charge is -2.17. The summed E-state index contributed by atoms with van der Waals surface area (Å²) in [4.78, 5) is 44.7. The number of carbonyl (C=O) groups is 4. The average Bonchev–Trinajstić information content (AvgIpc) is 2.90. The van der Waals surface area contributed by atoms with E-state index in [4.69, 9.17) is 14.6 Å². The quantitative estimate of drug-likeness (QED) is 0.527. The van der Waals surface area contributed by atoms with Crippen LogP contribution in [0.5, 0.6) is 0 Å². The molecule has 1 rings (SSSR count). The highest BCUT2D eigenvalue weighted by atomic mass is 16.4. The summed E-state index contributed by atoms with van der Waals surface area (Å²) in [5.41, 5.74) is 0. The molecule has 0 saturated heterocycles. The predicted octanol–water partition coefficient (Wildman–Crippen LogP) is -0.558. The average molecular weight is 298 g/mol. The van der Waals surface area contributed by atoms with Gasteiger partial charge in [-0.3, -0.25) is 14.4 Å². The SMILES string of the molecule is CC(NC(=O)c1ccco1)C(=O)N[C@@H](CC(=O)O)C(=O)O. The van der Waals surface area contributed by atoms with E-state index in [9.17, 15) is 19.2 Å². The maximum Gasteiger partial charge on any atom is 0.326 e. The van der Waals surface area contributed by atoms with Gasteiger partial charge in [0.05, 0.1) is 12.7 Å². The topological polar surface area (TPSA) is 146 Å². The van der Waals surface area contributed by atoms with Crippen LogP contribution in [-0.4, -0.2) is 46.0 Å².